The van der Waals surface area contributed by atoms with Gasteiger partial charge in [-0.2, -0.15) is 5.26 Å². The zero-order chi connectivity index (χ0) is 24.3. The second-order valence-corrected chi connectivity index (χ2v) is 9.56. The summed E-state index contributed by atoms with van der Waals surface area (Å²) in [6, 6.07) is 2.03. The van der Waals surface area contributed by atoms with Gasteiger partial charge in [-0.3, -0.25) is 23.9 Å². The maximum atomic E-state index is 13.2. The van der Waals surface area contributed by atoms with E-state index in [1.165, 1.54) is 0 Å². The van der Waals surface area contributed by atoms with Crippen LogP contribution in [0.4, 0.5) is 5.82 Å². The number of pyridine rings is 1. The molecule has 3 rings (SSSR count). The number of piperazine rings is 1. The average molecular weight is 490 g/mol. The number of nitriles is 1. The number of thiocarbonyl (C=S) groups is 1. The summed E-state index contributed by atoms with van der Waals surface area (Å²) in [5.74, 6) is -0.945. The van der Waals surface area contributed by atoms with E-state index < -0.39 is 18.4 Å². The van der Waals surface area contributed by atoms with Crippen molar-refractivity contribution < 1.29 is 14.7 Å². The lowest BCUT2D eigenvalue weighted by atomic mass is 10.0. The number of carboxylic acid groups (broad SMARTS) is 1. The molecule has 2 saturated heterocycles. The minimum absolute atomic E-state index is 0.0478. The van der Waals surface area contributed by atoms with Gasteiger partial charge in [0.1, 0.15) is 28.3 Å². The summed E-state index contributed by atoms with van der Waals surface area (Å²) in [5.41, 5.74) is 0.846. The number of anilines is 1. The Bertz CT molecular complexity index is 1110. The fourth-order valence-electron chi connectivity index (χ4n) is 4.09. The van der Waals surface area contributed by atoms with Crippen LogP contribution < -0.4 is 10.5 Å². The van der Waals surface area contributed by atoms with Crippen LogP contribution in [-0.2, 0) is 16.1 Å². The maximum absolute atomic E-state index is 13.2. The lowest BCUT2D eigenvalue weighted by molar-refractivity contribution is -0.140. The molecule has 11 heteroatoms. The lowest BCUT2D eigenvalue weighted by Gasteiger charge is -2.37. The Morgan fingerprint density at radius 3 is 2.45 bits per heavy atom. The number of hydrogen-bond acceptors (Lipinski definition) is 8. The van der Waals surface area contributed by atoms with E-state index in [-0.39, 0.29) is 20.3 Å². The molecule has 0 radical (unpaired) electrons. The standard InChI is InChI=1S/C22H27N5O4S2/c1-4-6-26-19(25-9-7-24(5-2)8-10-25)15(14(3)16(12-23)20(26)30)11-17-21(31)27(13-18(28)29)22(32)33-17/h11H,4-10,13H2,1-3H3,(H,28,29)/b17-11-. The summed E-state index contributed by atoms with van der Waals surface area (Å²) in [7, 11) is 0. The minimum atomic E-state index is -1.15. The normalized spacial score (nSPS) is 18.3. The van der Waals surface area contributed by atoms with Gasteiger partial charge in [0, 0.05) is 38.3 Å². The van der Waals surface area contributed by atoms with Crippen molar-refractivity contribution in [3.8, 4) is 6.07 Å². The Labute approximate surface area is 202 Å². The Morgan fingerprint density at radius 2 is 1.91 bits per heavy atom. The molecular weight excluding hydrogens is 462 g/mol. The van der Waals surface area contributed by atoms with Crippen molar-refractivity contribution >= 4 is 52.1 Å². The van der Waals surface area contributed by atoms with Gasteiger partial charge in [-0.25, -0.2) is 0 Å². The van der Waals surface area contributed by atoms with Crippen molar-refractivity contribution in [1.29, 1.82) is 5.26 Å². The van der Waals surface area contributed by atoms with Gasteiger partial charge in [-0.1, -0.05) is 37.8 Å². The first-order valence-corrected chi connectivity index (χ1v) is 12.1. The van der Waals surface area contributed by atoms with E-state index >= 15 is 0 Å². The quantitative estimate of drug-likeness (QED) is 0.453. The molecule has 0 atom stereocenters. The number of aliphatic carboxylic acids is 1. The largest absolute Gasteiger partial charge is 0.480 e. The Balaban J connectivity index is 2.19. The van der Waals surface area contributed by atoms with Crippen molar-refractivity contribution in [2.24, 2.45) is 0 Å². The van der Waals surface area contributed by atoms with Gasteiger partial charge in [0.05, 0.1) is 4.91 Å². The van der Waals surface area contributed by atoms with E-state index in [1.54, 1.807) is 17.6 Å². The van der Waals surface area contributed by atoms with Crippen molar-refractivity contribution in [1.82, 2.24) is 14.4 Å². The van der Waals surface area contributed by atoms with Gasteiger partial charge in [0.2, 0.25) is 0 Å². The van der Waals surface area contributed by atoms with Crippen LogP contribution in [0.2, 0.25) is 0 Å². The average Bonchev–Trinajstić information content (AvgIpc) is 3.04. The van der Waals surface area contributed by atoms with Crippen LogP contribution in [0.15, 0.2) is 9.70 Å². The van der Waals surface area contributed by atoms with Crippen molar-refractivity contribution in [2.75, 3.05) is 44.2 Å². The van der Waals surface area contributed by atoms with Crippen molar-refractivity contribution in [2.45, 2.75) is 33.7 Å². The molecule has 2 aliphatic heterocycles. The van der Waals surface area contributed by atoms with Crippen LogP contribution in [0.5, 0.6) is 0 Å². The molecule has 0 aromatic carbocycles. The second-order valence-electron chi connectivity index (χ2n) is 7.89. The summed E-state index contributed by atoms with van der Waals surface area (Å²) >= 11 is 6.26. The van der Waals surface area contributed by atoms with Crippen LogP contribution in [0.3, 0.4) is 0 Å². The molecule has 0 unspecified atom stereocenters. The minimum Gasteiger partial charge on any atom is -0.480 e. The van der Waals surface area contributed by atoms with Gasteiger partial charge in [0.25, 0.3) is 11.5 Å². The van der Waals surface area contributed by atoms with E-state index in [1.807, 2.05) is 13.0 Å². The molecule has 3 heterocycles. The monoisotopic (exact) mass is 489 g/mol. The lowest BCUT2D eigenvalue weighted by Crippen LogP contribution is -2.48. The number of nitrogens with zero attached hydrogens (tertiary/aromatic N) is 5. The third-order valence-corrected chi connectivity index (χ3v) is 7.23. The summed E-state index contributed by atoms with van der Waals surface area (Å²) in [6.45, 7) is 9.78. The fraction of sp³-hybridized carbons (Fsp3) is 0.500. The summed E-state index contributed by atoms with van der Waals surface area (Å²) in [6.07, 6.45) is 2.36. The molecule has 1 amide bonds. The zero-order valence-electron chi connectivity index (χ0n) is 19.0. The van der Waals surface area contributed by atoms with Crippen LogP contribution in [0.25, 0.3) is 6.08 Å². The molecule has 0 saturated carbocycles. The number of carboxylic acids is 1. The predicted octanol–water partition coefficient (Wildman–Crippen LogP) is 1.87. The van der Waals surface area contributed by atoms with Gasteiger partial charge >= 0.3 is 5.97 Å². The first kappa shape index (κ1) is 25.0. The second kappa shape index (κ2) is 10.5. The highest BCUT2D eigenvalue weighted by Gasteiger charge is 2.34. The molecule has 1 aromatic heterocycles. The number of likely N-dealkylation sites (N-methyl/N-ethyl adjacent to an activating group) is 1. The van der Waals surface area contributed by atoms with E-state index in [2.05, 4.69) is 16.7 Å². The van der Waals surface area contributed by atoms with E-state index in [0.717, 1.165) is 36.3 Å². The first-order valence-electron chi connectivity index (χ1n) is 10.8. The molecule has 0 spiro atoms. The van der Waals surface area contributed by atoms with Crippen LogP contribution in [0, 0.1) is 18.3 Å². The number of aromatic nitrogens is 1. The fourth-order valence-corrected chi connectivity index (χ4v) is 5.33. The van der Waals surface area contributed by atoms with Gasteiger partial charge < -0.3 is 14.9 Å². The van der Waals surface area contributed by atoms with E-state index in [0.29, 0.717) is 43.0 Å². The molecule has 2 aliphatic rings. The molecule has 33 heavy (non-hydrogen) atoms. The van der Waals surface area contributed by atoms with E-state index in [9.17, 15) is 19.6 Å². The molecule has 1 aromatic rings. The van der Waals surface area contributed by atoms with Gasteiger partial charge in [-0.05, 0) is 31.5 Å². The summed E-state index contributed by atoms with van der Waals surface area (Å²) < 4.78 is 1.81. The maximum Gasteiger partial charge on any atom is 0.323 e. The molecule has 9 nitrogen and oxygen atoms in total. The number of carbonyl (C=O) groups excluding carboxylic acids is 1. The topological polar surface area (TPSA) is 110 Å². The molecule has 0 aliphatic carbocycles. The van der Waals surface area contributed by atoms with Crippen LogP contribution in [0.1, 0.15) is 37.0 Å². The predicted molar refractivity (Wildman–Crippen MR) is 132 cm³/mol. The van der Waals surface area contributed by atoms with Crippen molar-refractivity contribution in [3.63, 3.8) is 0 Å². The Hall–Kier alpha value is -2.68. The summed E-state index contributed by atoms with van der Waals surface area (Å²) in [5, 5.41) is 18.8. The number of thioether (sulfide) groups is 1. The third-order valence-electron chi connectivity index (χ3n) is 5.86. The highest BCUT2D eigenvalue weighted by atomic mass is 32.2. The third kappa shape index (κ3) is 4.98. The van der Waals surface area contributed by atoms with Gasteiger partial charge in [-0.15, -0.1) is 0 Å². The highest BCUT2D eigenvalue weighted by molar-refractivity contribution is 8.26. The zero-order valence-corrected chi connectivity index (χ0v) is 20.6. The Kier molecular flexibility index (Phi) is 7.94. The van der Waals surface area contributed by atoms with Gasteiger partial charge in [0.15, 0.2) is 0 Å². The van der Waals surface area contributed by atoms with E-state index in [4.69, 9.17) is 17.3 Å². The molecule has 1 N–H and O–H groups in total. The number of carbonyl (C=O) groups is 2. The number of amides is 1. The molecule has 0 bridgehead atoms. The molecule has 176 valence electrons. The number of hydrogen-bond donors (Lipinski definition) is 1. The number of rotatable bonds is 7. The Morgan fingerprint density at radius 1 is 1.24 bits per heavy atom. The molecular formula is C22H27N5O4S2. The highest BCUT2D eigenvalue weighted by Crippen LogP contribution is 2.36. The van der Waals surface area contributed by atoms with Crippen LogP contribution >= 0.6 is 24.0 Å². The van der Waals surface area contributed by atoms with Crippen LogP contribution in [-0.4, -0.2) is 74.9 Å². The van der Waals surface area contributed by atoms with Crippen molar-refractivity contribution in [3.05, 3.63) is 31.9 Å². The SMILES string of the molecule is CCCn1c(N2CCN(CC)CC2)c(/C=C2\SC(=S)N(CC(=O)O)C2=O)c(C)c(C#N)c1=O. The smallest absolute Gasteiger partial charge is 0.323 e. The molecule has 2 fully saturated rings. The summed E-state index contributed by atoms with van der Waals surface area (Å²) in [4.78, 5) is 43.0. The first-order chi connectivity index (χ1) is 15.7.